The predicted octanol–water partition coefficient (Wildman–Crippen LogP) is 5.19. The van der Waals surface area contributed by atoms with E-state index in [1.165, 1.54) is 22.9 Å². The van der Waals surface area contributed by atoms with Gasteiger partial charge in [-0.25, -0.2) is 0 Å². The Morgan fingerprint density at radius 2 is 1.87 bits per heavy atom. The zero-order chi connectivity index (χ0) is 11.3. The maximum Gasteiger partial charge on any atom is 0.0214 e. The molecule has 0 aliphatic carbocycles. The summed E-state index contributed by atoms with van der Waals surface area (Å²) in [6, 6.07) is 8.58. The Hall–Kier alpha value is 0.180. The van der Waals surface area contributed by atoms with Gasteiger partial charge in [0.15, 0.2) is 0 Å². The fourth-order valence-corrected chi connectivity index (χ4v) is 3.42. The summed E-state index contributed by atoms with van der Waals surface area (Å²) < 4.78 is 1.17. The third kappa shape index (κ3) is 4.28. The lowest BCUT2D eigenvalue weighted by molar-refractivity contribution is 0.475. The van der Waals surface area contributed by atoms with Crippen LogP contribution in [-0.2, 0) is 6.42 Å². The van der Waals surface area contributed by atoms with Gasteiger partial charge in [0.2, 0.25) is 0 Å². The first kappa shape index (κ1) is 13.2. The summed E-state index contributed by atoms with van der Waals surface area (Å²) in [7, 11) is 0. The van der Waals surface area contributed by atoms with Crippen LogP contribution >= 0.6 is 31.9 Å². The van der Waals surface area contributed by atoms with Gasteiger partial charge in [-0.3, -0.25) is 0 Å². The van der Waals surface area contributed by atoms with Crippen LogP contribution in [0.1, 0.15) is 32.3 Å². The van der Waals surface area contributed by atoms with E-state index in [0.717, 1.165) is 12.3 Å². The molecule has 1 aromatic carbocycles. The standard InChI is InChI=1S/C13H18Br2/c1-3-11(4-2)13(15)9-10-6-5-7-12(14)8-10/h5-8,11,13H,3-4,9H2,1-2H3. The topological polar surface area (TPSA) is 0 Å². The zero-order valence-corrected chi connectivity index (χ0v) is 12.5. The summed E-state index contributed by atoms with van der Waals surface area (Å²) in [5.74, 6) is 0.781. The molecule has 84 valence electrons. The lowest BCUT2D eigenvalue weighted by Gasteiger charge is -2.19. The number of rotatable bonds is 5. The molecule has 0 radical (unpaired) electrons. The van der Waals surface area contributed by atoms with Gasteiger partial charge in [0.25, 0.3) is 0 Å². The van der Waals surface area contributed by atoms with E-state index in [2.05, 4.69) is 70.0 Å². The smallest absolute Gasteiger partial charge is 0.0214 e. The highest BCUT2D eigenvalue weighted by atomic mass is 79.9. The van der Waals surface area contributed by atoms with E-state index < -0.39 is 0 Å². The SMILES string of the molecule is CCC(CC)C(Br)Cc1cccc(Br)c1. The van der Waals surface area contributed by atoms with Gasteiger partial charge in [-0.2, -0.15) is 0 Å². The second-order valence-electron chi connectivity index (χ2n) is 3.93. The highest BCUT2D eigenvalue weighted by molar-refractivity contribution is 9.10. The van der Waals surface area contributed by atoms with E-state index in [0.29, 0.717) is 4.83 Å². The number of hydrogen-bond acceptors (Lipinski definition) is 0. The largest absolute Gasteiger partial charge is 0.0884 e. The van der Waals surface area contributed by atoms with Crippen molar-refractivity contribution in [2.24, 2.45) is 5.92 Å². The minimum atomic E-state index is 0.599. The molecule has 1 rings (SSSR count). The second-order valence-corrected chi connectivity index (χ2v) is 6.02. The van der Waals surface area contributed by atoms with Gasteiger partial charge >= 0.3 is 0 Å². The molecule has 0 nitrogen and oxygen atoms in total. The lowest BCUT2D eigenvalue weighted by atomic mass is 9.95. The number of halogens is 2. The Kier molecular flexibility index (Phi) is 5.91. The molecule has 0 heterocycles. The normalized spacial score (nSPS) is 13.1. The van der Waals surface area contributed by atoms with E-state index in [-0.39, 0.29) is 0 Å². The van der Waals surface area contributed by atoms with E-state index in [1.54, 1.807) is 0 Å². The van der Waals surface area contributed by atoms with Crippen molar-refractivity contribution in [1.29, 1.82) is 0 Å². The average molecular weight is 334 g/mol. The third-order valence-corrected chi connectivity index (χ3v) is 4.44. The molecule has 0 N–H and O–H groups in total. The molecule has 0 bridgehead atoms. The van der Waals surface area contributed by atoms with Gasteiger partial charge in [0, 0.05) is 9.30 Å². The Labute approximate surface area is 110 Å². The summed E-state index contributed by atoms with van der Waals surface area (Å²) in [4.78, 5) is 0.599. The Balaban J connectivity index is 2.61. The van der Waals surface area contributed by atoms with Gasteiger partial charge < -0.3 is 0 Å². The van der Waals surface area contributed by atoms with Gasteiger partial charge in [0.1, 0.15) is 0 Å². The summed E-state index contributed by atoms with van der Waals surface area (Å²) >= 11 is 7.32. The first-order chi connectivity index (χ1) is 7.17. The fourth-order valence-electron chi connectivity index (χ4n) is 1.86. The van der Waals surface area contributed by atoms with Crippen LogP contribution in [0.2, 0.25) is 0 Å². The Morgan fingerprint density at radius 3 is 2.40 bits per heavy atom. The maximum atomic E-state index is 3.81. The fraction of sp³-hybridized carbons (Fsp3) is 0.538. The van der Waals surface area contributed by atoms with Crippen LogP contribution in [0.5, 0.6) is 0 Å². The Bertz CT molecular complexity index is 292. The van der Waals surface area contributed by atoms with Gasteiger partial charge in [-0.15, -0.1) is 0 Å². The molecule has 1 aromatic rings. The van der Waals surface area contributed by atoms with E-state index >= 15 is 0 Å². The van der Waals surface area contributed by atoms with Crippen molar-refractivity contribution in [3.8, 4) is 0 Å². The molecule has 0 aliphatic heterocycles. The van der Waals surface area contributed by atoms with Crippen molar-refractivity contribution in [2.45, 2.75) is 37.9 Å². The molecule has 0 saturated carbocycles. The van der Waals surface area contributed by atoms with Crippen molar-refractivity contribution in [1.82, 2.24) is 0 Å². The second kappa shape index (κ2) is 6.70. The van der Waals surface area contributed by atoms with E-state index in [4.69, 9.17) is 0 Å². The van der Waals surface area contributed by atoms with Crippen molar-refractivity contribution in [3.05, 3.63) is 34.3 Å². The summed E-state index contributed by atoms with van der Waals surface area (Å²) in [6.45, 7) is 4.53. The molecule has 0 aromatic heterocycles. The predicted molar refractivity (Wildman–Crippen MR) is 74.6 cm³/mol. The molecule has 0 spiro atoms. The lowest BCUT2D eigenvalue weighted by Crippen LogP contribution is -2.15. The average Bonchev–Trinajstić information content (AvgIpc) is 2.19. The summed E-state index contributed by atoms with van der Waals surface area (Å²) in [5, 5.41) is 0. The van der Waals surface area contributed by atoms with E-state index in [1.807, 2.05) is 0 Å². The van der Waals surface area contributed by atoms with Crippen LogP contribution < -0.4 is 0 Å². The monoisotopic (exact) mass is 332 g/mol. The van der Waals surface area contributed by atoms with E-state index in [9.17, 15) is 0 Å². The van der Waals surface area contributed by atoms with Crippen molar-refractivity contribution < 1.29 is 0 Å². The zero-order valence-electron chi connectivity index (χ0n) is 9.34. The van der Waals surface area contributed by atoms with Crippen molar-refractivity contribution in [3.63, 3.8) is 0 Å². The molecular formula is C13H18Br2. The summed E-state index contributed by atoms with van der Waals surface area (Å²) in [5.41, 5.74) is 1.40. The molecule has 1 unspecified atom stereocenters. The molecular weight excluding hydrogens is 316 g/mol. The number of hydrogen-bond donors (Lipinski definition) is 0. The van der Waals surface area contributed by atoms with Crippen LogP contribution in [0.15, 0.2) is 28.7 Å². The summed E-state index contributed by atoms with van der Waals surface area (Å²) in [6.07, 6.45) is 3.62. The third-order valence-electron chi connectivity index (χ3n) is 2.88. The molecule has 15 heavy (non-hydrogen) atoms. The minimum Gasteiger partial charge on any atom is -0.0884 e. The maximum absolute atomic E-state index is 3.81. The van der Waals surface area contributed by atoms with Gasteiger partial charge in [-0.1, -0.05) is 70.7 Å². The minimum absolute atomic E-state index is 0.599. The molecule has 0 amide bonds. The Morgan fingerprint density at radius 1 is 1.20 bits per heavy atom. The molecule has 1 atom stereocenters. The van der Waals surface area contributed by atoms with Gasteiger partial charge in [0.05, 0.1) is 0 Å². The van der Waals surface area contributed by atoms with Gasteiger partial charge in [-0.05, 0) is 30.0 Å². The highest BCUT2D eigenvalue weighted by Gasteiger charge is 2.15. The van der Waals surface area contributed by atoms with Crippen molar-refractivity contribution >= 4 is 31.9 Å². The van der Waals surface area contributed by atoms with Crippen molar-refractivity contribution in [2.75, 3.05) is 0 Å². The first-order valence-electron chi connectivity index (χ1n) is 5.55. The van der Waals surface area contributed by atoms with Crippen LogP contribution in [0.25, 0.3) is 0 Å². The molecule has 0 fully saturated rings. The van der Waals surface area contributed by atoms with Crippen LogP contribution in [0.3, 0.4) is 0 Å². The number of benzene rings is 1. The molecule has 0 saturated heterocycles. The first-order valence-corrected chi connectivity index (χ1v) is 7.26. The van der Waals surface area contributed by atoms with Crippen LogP contribution in [-0.4, -0.2) is 4.83 Å². The molecule has 0 aliphatic rings. The van der Waals surface area contributed by atoms with Crippen LogP contribution in [0, 0.1) is 5.92 Å². The quantitative estimate of drug-likeness (QED) is 0.650. The highest BCUT2D eigenvalue weighted by Crippen LogP contribution is 2.24. The molecule has 2 heteroatoms. The number of alkyl halides is 1. The van der Waals surface area contributed by atoms with Crippen LogP contribution in [0.4, 0.5) is 0 Å².